The van der Waals surface area contributed by atoms with Gasteiger partial charge in [-0.05, 0) is 37.1 Å². The quantitative estimate of drug-likeness (QED) is 0.671. The Hall–Kier alpha value is -1.81. The fraction of sp³-hybridized carbons (Fsp3) is 0.333. The van der Waals surface area contributed by atoms with Crippen molar-refractivity contribution in [1.29, 1.82) is 0 Å². The van der Waals surface area contributed by atoms with Gasteiger partial charge in [-0.25, -0.2) is 0 Å². The lowest BCUT2D eigenvalue weighted by Crippen LogP contribution is -2.33. The molecule has 0 aliphatic rings. The molecule has 1 unspecified atom stereocenters. The van der Waals surface area contributed by atoms with Crippen LogP contribution >= 0.6 is 11.6 Å². The van der Waals surface area contributed by atoms with Gasteiger partial charge in [-0.15, -0.1) is 0 Å². The largest absolute Gasteiger partial charge is 0.469 e. The molecule has 0 fully saturated rings. The van der Waals surface area contributed by atoms with Crippen LogP contribution in [0.4, 0.5) is 0 Å². The maximum absolute atomic E-state index is 11.7. The molecule has 0 bridgehead atoms. The second-order valence-electron chi connectivity index (χ2n) is 4.53. The zero-order chi connectivity index (χ0) is 15.1. The van der Waals surface area contributed by atoms with E-state index in [-0.39, 0.29) is 24.3 Å². The van der Waals surface area contributed by atoms with Crippen LogP contribution in [0.15, 0.2) is 24.3 Å². The number of esters is 1. The first-order chi connectivity index (χ1) is 9.42. The topological polar surface area (TPSA) is 55.4 Å². The van der Waals surface area contributed by atoms with Gasteiger partial charge in [-0.2, -0.15) is 0 Å². The second-order valence-corrected chi connectivity index (χ2v) is 4.94. The van der Waals surface area contributed by atoms with E-state index in [1.54, 1.807) is 19.1 Å². The Kier molecular flexibility index (Phi) is 6.25. The molecule has 108 valence electrons. The van der Waals surface area contributed by atoms with Crippen molar-refractivity contribution in [3.63, 3.8) is 0 Å². The van der Waals surface area contributed by atoms with Gasteiger partial charge in [0.05, 0.1) is 13.5 Å². The van der Waals surface area contributed by atoms with E-state index in [1.165, 1.54) is 13.2 Å². The molecule has 1 amide bonds. The van der Waals surface area contributed by atoms with Gasteiger partial charge >= 0.3 is 5.97 Å². The van der Waals surface area contributed by atoms with E-state index in [1.807, 2.05) is 19.1 Å². The van der Waals surface area contributed by atoms with E-state index in [0.717, 1.165) is 11.1 Å². The van der Waals surface area contributed by atoms with Crippen molar-refractivity contribution in [3.05, 3.63) is 40.4 Å². The Balaban J connectivity index is 2.55. The molecule has 0 saturated carbocycles. The third-order valence-corrected chi connectivity index (χ3v) is 3.12. The predicted molar refractivity (Wildman–Crippen MR) is 79.5 cm³/mol. The molecule has 0 aliphatic carbocycles. The molecule has 1 aromatic carbocycles. The monoisotopic (exact) mass is 295 g/mol. The molecule has 0 aliphatic heterocycles. The molecule has 20 heavy (non-hydrogen) atoms. The third kappa shape index (κ3) is 5.45. The molecule has 0 spiro atoms. The summed E-state index contributed by atoms with van der Waals surface area (Å²) in [5, 5.41) is 3.34. The van der Waals surface area contributed by atoms with E-state index in [0.29, 0.717) is 5.02 Å². The first-order valence-corrected chi connectivity index (χ1v) is 6.61. The van der Waals surface area contributed by atoms with Crippen molar-refractivity contribution in [2.45, 2.75) is 26.3 Å². The average molecular weight is 296 g/mol. The zero-order valence-corrected chi connectivity index (χ0v) is 12.5. The molecule has 0 aromatic heterocycles. The number of carbonyl (C=O) groups is 2. The number of nitrogens with one attached hydrogen (secondary N) is 1. The minimum Gasteiger partial charge on any atom is -0.469 e. The molecule has 5 heteroatoms. The van der Waals surface area contributed by atoms with E-state index >= 15 is 0 Å². The Labute approximate surface area is 123 Å². The van der Waals surface area contributed by atoms with Gasteiger partial charge in [-0.1, -0.05) is 23.7 Å². The van der Waals surface area contributed by atoms with Crippen LogP contribution in [0.1, 0.15) is 24.5 Å². The number of benzene rings is 1. The maximum Gasteiger partial charge on any atom is 0.307 e. The van der Waals surface area contributed by atoms with E-state index in [9.17, 15) is 9.59 Å². The molecule has 4 nitrogen and oxygen atoms in total. The number of ether oxygens (including phenoxy) is 1. The highest BCUT2D eigenvalue weighted by Gasteiger charge is 2.10. The highest BCUT2D eigenvalue weighted by Crippen LogP contribution is 2.17. The standard InChI is InChI=1S/C15H18ClNO3/c1-10-4-5-12(9-13(10)16)6-7-14(18)17-11(2)8-15(19)20-3/h4-7,9,11H,8H2,1-3H3,(H,17,18)/b7-6+. The Morgan fingerprint density at radius 2 is 2.15 bits per heavy atom. The molecule has 0 heterocycles. The average Bonchev–Trinajstić information content (AvgIpc) is 2.39. The molecule has 1 atom stereocenters. The smallest absolute Gasteiger partial charge is 0.307 e. The molecule has 1 rings (SSSR count). The Morgan fingerprint density at radius 1 is 1.45 bits per heavy atom. The fourth-order valence-electron chi connectivity index (χ4n) is 1.56. The summed E-state index contributed by atoms with van der Waals surface area (Å²) < 4.78 is 4.53. The van der Waals surface area contributed by atoms with Crippen LogP contribution in [-0.4, -0.2) is 25.0 Å². The van der Waals surface area contributed by atoms with Gasteiger partial charge in [0.2, 0.25) is 5.91 Å². The molecule has 1 N–H and O–H groups in total. The number of methoxy groups -OCH3 is 1. The van der Waals surface area contributed by atoms with Crippen molar-refractivity contribution in [3.8, 4) is 0 Å². The van der Waals surface area contributed by atoms with Crippen LogP contribution in [0.3, 0.4) is 0 Å². The summed E-state index contributed by atoms with van der Waals surface area (Å²) in [4.78, 5) is 22.7. The van der Waals surface area contributed by atoms with Crippen molar-refractivity contribution < 1.29 is 14.3 Å². The van der Waals surface area contributed by atoms with Gasteiger partial charge in [0.25, 0.3) is 0 Å². The van der Waals surface area contributed by atoms with Crippen molar-refractivity contribution in [1.82, 2.24) is 5.32 Å². The molecule has 0 saturated heterocycles. The van der Waals surface area contributed by atoms with E-state index in [2.05, 4.69) is 10.1 Å². The number of rotatable bonds is 5. The van der Waals surface area contributed by atoms with Crippen LogP contribution in [0.2, 0.25) is 5.02 Å². The molecular formula is C15H18ClNO3. The summed E-state index contributed by atoms with van der Waals surface area (Å²) in [6.07, 6.45) is 3.23. The van der Waals surface area contributed by atoms with Crippen LogP contribution in [0.25, 0.3) is 6.08 Å². The third-order valence-electron chi connectivity index (χ3n) is 2.71. The lowest BCUT2D eigenvalue weighted by atomic mass is 10.1. The maximum atomic E-state index is 11.7. The number of aryl methyl sites for hydroxylation is 1. The number of halogens is 1. The molecule has 0 radical (unpaired) electrons. The highest BCUT2D eigenvalue weighted by molar-refractivity contribution is 6.31. The van der Waals surface area contributed by atoms with Gasteiger partial charge in [-0.3, -0.25) is 9.59 Å². The molecular weight excluding hydrogens is 278 g/mol. The summed E-state index contributed by atoms with van der Waals surface area (Å²) in [5.74, 6) is -0.620. The minimum absolute atomic E-state index is 0.145. The number of hydrogen-bond donors (Lipinski definition) is 1. The van der Waals surface area contributed by atoms with Gasteiger partial charge < -0.3 is 10.1 Å². The van der Waals surface area contributed by atoms with Crippen LogP contribution in [-0.2, 0) is 14.3 Å². The number of hydrogen-bond acceptors (Lipinski definition) is 3. The first kappa shape index (κ1) is 16.2. The number of carbonyl (C=O) groups excluding carboxylic acids is 2. The minimum atomic E-state index is -0.355. The normalized spacial score (nSPS) is 12.2. The van der Waals surface area contributed by atoms with Crippen LogP contribution < -0.4 is 5.32 Å². The summed E-state index contributed by atoms with van der Waals surface area (Å²) in [5.41, 5.74) is 1.83. The van der Waals surface area contributed by atoms with E-state index < -0.39 is 0 Å². The predicted octanol–water partition coefficient (Wildman–Crippen LogP) is 2.73. The Bertz CT molecular complexity index is 526. The summed E-state index contributed by atoms with van der Waals surface area (Å²) >= 11 is 6.00. The van der Waals surface area contributed by atoms with Gasteiger partial charge in [0.1, 0.15) is 0 Å². The van der Waals surface area contributed by atoms with Gasteiger partial charge in [0, 0.05) is 17.1 Å². The van der Waals surface area contributed by atoms with Crippen molar-refractivity contribution in [2.75, 3.05) is 7.11 Å². The summed E-state index contributed by atoms with van der Waals surface area (Å²) in [7, 11) is 1.32. The van der Waals surface area contributed by atoms with Crippen molar-refractivity contribution in [2.24, 2.45) is 0 Å². The lowest BCUT2D eigenvalue weighted by molar-refractivity contribution is -0.141. The number of amides is 1. The zero-order valence-electron chi connectivity index (χ0n) is 11.8. The fourth-order valence-corrected chi connectivity index (χ4v) is 1.75. The van der Waals surface area contributed by atoms with Crippen LogP contribution in [0.5, 0.6) is 0 Å². The Morgan fingerprint density at radius 3 is 2.75 bits per heavy atom. The highest BCUT2D eigenvalue weighted by atomic mass is 35.5. The lowest BCUT2D eigenvalue weighted by Gasteiger charge is -2.10. The van der Waals surface area contributed by atoms with Gasteiger partial charge in [0.15, 0.2) is 0 Å². The molecule has 1 aromatic rings. The van der Waals surface area contributed by atoms with Crippen LogP contribution in [0, 0.1) is 6.92 Å². The van der Waals surface area contributed by atoms with Crippen molar-refractivity contribution >= 4 is 29.6 Å². The second kappa shape index (κ2) is 7.70. The van der Waals surface area contributed by atoms with E-state index in [4.69, 9.17) is 11.6 Å². The SMILES string of the molecule is COC(=O)CC(C)NC(=O)/C=C/c1ccc(C)c(Cl)c1. The summed E-state index contributed by atoms with van der Waals surface area (Å²) in [6, 6.07) is 5.28. The first-order valence-electron chi connectivity index (χ1n) is 6.24. The summed E-state index contributed by atoms with van der Waals surface area (Å²) in [6.45, 7) is 3.66.